The first-order valence-corrected chi connectivity index (χ1v) is 5.90. The van der Waals surface area contributed by atoms with Crippen molar-refractivity contribution in [1.82, 2.24) is 0 Å². The van der Waals surface area contributed by atoms with Crippen LogP contribution in [0.4, 0.5) is 0 Å². The molecular formula is C15H24O. The monoisotopic (exact) mass is 220 g/mol. The first-order valence-electron chi connectivity index (χ1n) is 5.90. The summed E-state index contributed by atoms with van der Waals surface area (Å²) in [6.07, 6.45) is 4.10. The normalized spacial score (nSPS) is 11.1. The van der Waals surface area contributed by atoms with E-state index >= 15 is 0 Å². The molecule has 0 unspecified atom stereocenters. The molecule has 1 rings (SSSR count). The van der Waals surface area contributed by atoms with Crippen LogP contribution in [0, 0.1) is 12.3 Å². The summed E-state index contributed by atoms with van der Waals surface area (Å²) in [5, 5.41) is 9.08. The second kappa shape index (κ2) is 7.24. The van der Waals surface area contributed by atoms with Gasteiger partial charge in [0.25, 0.3) is 0 Å². The summed E-state index contributed by atoms with van der Waals surface area (Å²) in [6.45, 7) is 10.3. The second-order valence-corrected chi connectivity index (χ2v) is 4.39. The van der Waals surface area contributed by atoms with E-state index in [1.54, 1.807) is 0 Å². The molecular weight excluding hydrogens is 196 g/mol. The maximum atomic E-state index is 9.08. The minimum absolute atomic E-state index is 0.135. The first-order chi connectivity index (χ1) is 7.53. The van der Waals surface area contributed by atoms with Crippen LogP contribution < -0.4 is 0 Å². The number of rotatable bonds is 3. The van der Waals surface area contributed by atoms with Crippen LogP contribution in [0.5, 0.6) is 0 Å². The molecule has 0 spiro atoms. The van der Waals surface area contributed by atoms with Crippen LogP contribution in [0.25, 0.3) is 6.08 Å². The molecule has 0 bridgehead atoms. The molecule has 0 amide bonds. The van der Waals surface area contributed by atoms with Crippen molar-refractivity contribution in [3.63, 3.8) is 0 Å². The Kier molecular flexibility index (Phi) is 6.75. The Balaban J connectivity index is 0.00000106. The van der Waals surface area contributed by atoms with Crippen LogP contribution >= 0.6 is 0 Å². The Hall–Kier alpha value is -1.08. The summed E-state index contributed by atoms with van der Waals surface area (Å²) < 4.78 is 0. The molecule has 1 aromatic carbocycles. The summed E-state index contributed by atoms with van der Waals surface area (Å²) in [7, 11) is 0. The molecule has 0 radical (unpaired) electrons. The molecule has 0 heterocycles. The largest absolute Gasteiger partial charge is 0.395 e. The zero-order valence-electron chi connectivity index (χ0n) is 11.1. The Morgan fingerprint density at radius 1 is 1.25 bits per heavy atom. The molecule has 1 nitrogen and oxygen atoms in total. The van der Waals surface area contributed by atoms with Crippen LogP contribution in [-0.2, 0) is 0 Å². The van der Waals surface area contributed by atoms with Crippen LogP contribution in [0.1, 0.15) is 38.8 Å². The Labute approximate surface area is 99.8 Å². The Morgan fingerprint density at radius 3 is 2.38 bits per heavy atom. The smallest absolute Gasteiger partial charge is 0.0516 e. The van der Waals surface area contributed by atoms with Gasteiger partial charge in [0.15, 0.2) is 0 Å². The second-order valence-electron chi connectivity index (χ2n) is 4.39. The van der Waals surface area contributed by atoms with Gasteiger partial charge in [-0.05, 0) is 12.5 Å². The number of aliphatic hydroxyl groups excluding tert-OH is 1. The lowest BCUT2D eigenvalue weighted by atomic mass is 9.93. The lowest BCUT2D eigenvalue weighted by molar-refractivity contribution is 0.200. The SMILES string of the molecule is CC.Cc1cccc(/C=C/C(C)(C)CO)c1. The van der Waals surface area contributed by atoms with Gasteiger partial charge in [-0.15, -0.1) is 0 Å². The minimum atomic E-state index is -0.135. The molecule has 1 heteroatoms. The van der Waals surface area contributed by atoms with E-state index in [0.29, 0.717) is 0 Å². The average molecular weight is 220 g/mol. The van der Waals surface area contributed by atoms with Gasteiger partial charge < -0.3 is 5.11 Å². The van der Waals surface area contributed by atoms with Gasteiger partial charge in [0.1, 0.15) is 0 Å². The van der Waals surface area contributed by atoms with Crippen molar-refractivity contribution in [2.45, 2.75) is 34.6 Å². The van der Waals surface area contributed by atoms with Crippen molar-refractivity contribution < 1.29 is 5.11 Å². The van der Waals surface area contributed by atoms with E-state index in [2.05, 4.69) is 31.2 Å². The molecule has 1 aromatic rings. The molecule has 0 saturated carbocycles. The number of hydrogen-bond donors (Lipinski definition) is 1. The Bertz CT molecular complexity index is 324. The topological polar surface area (TPSA) is 20.2 Å². The van der Waals surface area contributed by atoms with E-state index in [1.165, 1.54) is 11.1 Å². The number of aliphatic hydroxyl groups is 1. The molecule has 0 saturated heterocycles. The third-order valence-electron chi connectivity index (χ3n) is 2.18. The lowest BCUT2D eigenvalue weighted by Gasteiger charge is -2.15. The Morgan fingerprint density at radius 2 is 1.88 bits per heavy atom. The minimum Gasteiger partial charge on any atom is -0.395 e. The third-order valence-corrected chi connectivity index (χ3v) is 2.18. The number of benzene rings is 1. The molecule has 1 N–H and O–H groups in total. The van der Waals surface area contributed by atoms with E-state index < -0.39 is 0 Å². The molecule has 0 atom stereocenters. The van der Waals surface area contributed by atoms with Gasteiger partial charge in [0.2, 0.25) is 0 Å². The maximum absolute atomic E-state index is 9.08. The van der Waals surface area contributed by atoms with Crippen LogP contribution in [0.2, 0.25) is 0 Å². The van der Waals surface area contributed by atoms with Gasteiger partial charge in [-0.25, -0.2) is 0 Å². The summed E-state index contributed by atoms with van der Waals surface area (Å²) in [5.74, 6) is 0. The van der Waals surface area contributed by atoms with Crippen molar-refractivity contribution in [3.8, 4) is 0 Å². The fourth-order valence-corrected chi connectivity index (χ4v) is 1.15. The van der Waals surface area contributed by atoms with Crippen molar-refractivity contribution in [2.24, 2.45) is 5.41 Å². The van der Waals surface area contributed by atoms with Gasteiger partial charge in [-0.1, -0.05) is 69.7 Å². The first kappa shape index (κ1) is 14.9. The van der Waals surface area contributed by atoms with Gasteiger partial charge in [-0.2, -0.15) is 0 Å². The fraction of sp³-hybridized carbons (Fsp3) is 0.467. The molecule has 16 heavy (non-hydrogen) atoms. The van der Waals surface area contributed by atoms with E-state index in [-0.39, 0.29) is 12.0 Å². The number of aryl methyl sites for hydroxylation is 1. The van der Waals surface area contributed by atoms with Gasteiger partial charge in [-0.3, -0.25) is 0 Å². The van der Waals surface area contributed by atoms with Crippen molar-refractivity contribution >= 4 is 6.08 Å². The third kappa shape index (κ3) is 5.72. The number of hydrogen-bond acceptors (Lipinski definition) is 1. The zero-order valence-corrected chi connectivity index (χ0v) is 11.1. The molecule has 0 aliphatic carbocycles. The fourth-order valence-electron chi connectivity index (χ4n) is 1.15. The van der Waals surface area contributed by atoms with Crippen molar-refractivity contribution in [3.05, 3.63) is 41.5 Å². The highest BCUT2D eigenvalue weighted by Crippen LogP contribution is 2.17. The molecule has 0 fully saturated rings. The predicted molar refractivity (Wildman–Crippen MR) is 72.4 cm³/mol. The summed E-state index contributed by atoms with van der Waals surface area (Å²) in [5.41, 5.74) is 2.31. The quantitative estimate of drug-likeness (QED) is 0.814. The zero-order chi connectivity index (χ0) is 12.6. The highest BCUT2D eigenvalue weighted by Gasteiger charge is 2.10. The van der Waals surface area contributed by atoms with E-state index in [9.17, 15) is 0 Å². The summed E-state index contributed by atoms with van der Waals surface area (Å²) >= 11 is 0. The van der Waals surface area contributed by atoms with Crippen LogP contribution in [-0.4, -0.2) is 11.7 Å². The molecule has 0 aliphatic heterocycles. The highest BCUT2D eigenvalue weighted by molar-refractivity contribution is 5.50. The molecule has 0 aromatic heterocycles. The van der Waals surface area contributed by atoms with Crippen LogP contribution in [0.3, 0.4) is 0 Å². The van der Waals surface area contributed by atoms with Gasteiger partial charge in [0, 0.05) is 5.41 Å². The predicted octanol–water partition coefficient (Wildman–Crippen LogP) is 4.05. The lowest BCUT2D eigenvalue weighted by Crippen LogP contribution is -2.12. The van der Waals surface area contributed by atoms with Gasteiger partial charge in [0.05, 0.1) is 6.61 Å². The molecule has 90 valence electrons. The van der Waals surface area contributed by atoms with E-state index in [4.69, 9.17) is 5.11 Å². The van der Waals surface area contributed by atoms with Crippen LogP contribution in [0.15, 0.2) is 30.3 Å². The highest BCUT2D eigenvalue weighted by atomic mass is 16.3. The van der Waals surface area contributed by atoms with Crippen molar-refractivity contribution in [2.75, 3.05) is 6.61 Å². The van der Waals surface area contributed by atoms with E-state index in [1.807, 2.05) is 39.8 Å². The average Bonchev–Trinajstić information content (AvgIpc) is 2.30. The van der Waals surface area contributed by atoms with Gasteiger partial charge >= 0.3 is 0 Å². The summed E-state index contributed by atoms with van der Waals surface area (Å²) in [4.78, 5) is 0. The van der Waals surface area contributed by atoms with Crippen molar-refractivity contribution in [1.29, 1.82) is 0 Å². The standard InChI is InChI=1S/C13H18O.C2H6/c1-11-5-4-6-12(9-11)7-8-13(2,3)10-14;1-2/h4-9,14H,10H2,1-3H3;1-2H3/b8-7+;. The summed E-state index contributed by atoms with van der Waals surface area (Å²) in [6, 6.07) is 8.32. The molecule has 0 aliphatic rings. The van der Waals surface area contributed by atoms with E-state index in [0.717, 1.165) is 0 Å². The maximum Gasteiger partial charge on any atom is 0.0516 e.